The summed E-state index contributed by atoms with van der Waals surface area (Å²) in [6.45, 7) is 4.64. The number of hydrogen-bond donors (Lipinski definition) is 2. The van der Waals surface area contributed by atoms with Gasteiger partial charge in [0, 0.05) is 19.1 Å². The van der Waals surface area contributed by atoms with Gasteiger partial charge in [0.05, 0.1) is 6.54 Å². The first-order valence-electron chi connectivity index (χ1n) is 11.1. The molecule has 8 heteroatoms. The molecule has 1 atom stereocenters. The largest absolute Gasteiger partial charge is 0.383 e. The molecular weight excluding hydrogens is 394 g/mol. The fraction of sp³-hybridized carbons (Fsp3) is 0.522. The van der Waals surface area contributed by atoms with Gasteiger partial charge in [-0.3, -0.25) is 24.0 Å². The Morgan fingerprint density at radius 2 is 2.00 bits per heavy atom. The number of hydrogen-bond acceptors (Lipinski definition) is 5. The highest BCUT2D eigenvalue weighted by Crippen LogP contribution is 2.33. The Morgan fingerprint density at radius 1 is 1.26 bits per heavy atom. The Morgan fingerprint density at radius 3 is 2.71 bits per heavy atom. The molecule has 8 nitrogen and oxygen atoms in total. The van der Waals surface area contributed by atoms with E-state index in [0.717, 1.165) is 32.1 Å². The van der Waals surface area contributed by atoms with Crippen LogP contribution in [0.5, 0.6) is 0 Å². The maximum Gasteiger partial charge on any atom is 0.330 e. The third kappa shape index (κ3) is 4.74. The molecule has 0 saturated carbocycles. The van der Waals surface area contributed by atoms with Crippen LogP contribution in [0, 0.1) is 0 Å². The summed E-state index contributed by atoms with van der Waals surface area (Å²) in [5, 5.41) is 0. The third-order valence-corrected chi connectivity index (χ3v) is 6.09. The van der Waals surface area contributed by atoms with Gasteiger partial charge in [0.15, 0.2) is 5.69 Å². The number of carbonyl (C=O) groups excluding carboxylic acids is 1. The van der Waals surface area contributed by atoms with E-state index < -0.39 is 11.2 Å². The lowest BCUT2D eigenvalue weighted by Crippen LogP contribution is -2.45. The van der Waals surface area contributed by atoms with Crippen molar-refractivity contribution in [2.24, 2.45) is 0 Å². The molecule has 1 aromatic heterocycles. The highest BCUT2D eigenvalue weighted by atomic mass is 16.2. The number of likely N-dealkylation sites (N-methyl/N-ethyl adjacent to an activating group) is 2. The van der Waals surface area contributed by atoms with Crippen molar-refractivity contribution in [3.63, 3.8) is 0 Å². The number of H-pyrrole nitrogens is 1. The van der Waals surface area contributed by atoms with Crippen molar-refractivity contribution in [3.05, 3.63) is 56.2 Å². The first kappa shape index (κ1) is 22.8. The molecule has 1 aliphatic carbocycles. The Balaban J connectivity index is 1.86. The SMILES string of the molecule is CCCCn1c(N)c(N(CC)C(=O)CN(C)[C@@H]2CCCc3ccccc32)c(=O)[nH]c1=O. The monoisotopic (exact) mass is 427 g/mol. The van der Waals surface area contributed by atoms with E-state index in [2.05, 4.69) is 17.1 Å². The molecule has 1 heterocycles. The molecule has 1 aliphatic rings. The van der Waals surface area contributed by atoms with Crippen molar-refractivity contribution >= 4 is 17.4 Å². The smallest absolute Gasteiger partial charge is 0.330 e. The van der Waals surface area contributed by atoms with Crippen LogP contribution in [0.1, 0.15) is 56.7 Å². The third-order valence-electron chi connectivity index (χ3n) is 6.09. The van der Waals surface area contributed by atoms with Crippen molar-refractivity contribution in [2.75, 3.05) is 30.8 Å². The van der Waals surface area contributed by atoms with Crippen molar-refractivity contribution in [2.45, 2.75) is 58.5 Å². The van der Waals surface area contributed by atoms with Crippen LogP contribution in [0.25, 0.3) is 0 Å². The predicted octanol–water partition coefficient (Wildman–Crippen LogP) is 2.28. The lowest BCUT2D eigenvalue weighted by Gasteiger charge is -2.34. The molecule has 3 N–H and O–H groups in total. The average Bonchev–Trinajstić information content (AvgIpc) is 2.75. The van der Waals surface area contributed by atoms with E-state index in [9.17, 15) is 14.4 Å². The number of nitrogens with two attached hydrogens (primary N) is 1. The average molecular weight is 428 g/mol. The highest BCUT2D eigenvalue weighted by Gasteiger charge is 2.28. The number of amides is 1. The molecule has 0 aliphatic heterocycles. The van der Waals surface area contributed by atoms with E-state index in [1.807, 2.05) is 31.0 Å². The number of carbonyl (C=O) groups is 1. The molecule has 0 fully saturated rings. The summed E-state index contributed by atoms with van der Waals surface area (Å²) in [5.41, 5.74) is 7.69. The van der Waals surface area contributed by atoms with Crippen LogP contribution < -0.4 is 21.9 Å². The first-order valence-corrected chi connectivity index (χ1v) is 11.1. The van der Waals surface area contributed by atoms with E-state index >= 15 is 0 Å². The van der Waals surface area contributed by atoms with Gasteiger partial charge in [0.1, 0.15) is 5.82 Å². The summed E-state index contributed by atoms with van der Waals surface area (Å²) in [6.07, 6.45) is 4.74. The number of rotatable bonds is 8. The molecule has 1 amide bonds. The number of benzene rings is 1. The minimum atomic E-state index is -0.629. The zero-order valence-corrected chi connectivity index (χ0v) is 18.7. The Labute approximate surface area is 182 Å². The summed E-state index contributed by atoms with van der Waals surface area (Å²) in [6, 6.07) is 8.51. The molecule has 3 rings (SSSR count). The van der Waals surface area contributed by atoms with Gasteiger partial charge in [0.25, 0.3) is 5.56 Å². The summed E-state index contributed by atoms with van der Waals surface area (Å²) in [4.78, 5) is 43.8. The standard InChI is InChI=1S/C23H33N5O3/c1-4-6-14-28-21(24)20(22(30)25-23(28)31)27(5-2)19(29)15-26(3)18-13-9-11-16-10-7-8-12-17(16)18/h7-8,10,12,18H,4-6,9,11,13-15,24H2,1-3H3,(H,25,30,31)/t18-/m1/s1. The molecule has 31 heavy (non-hydrogen) atoms. The first-order chi connectivity index (χ1) is 14.9. The second-order valence-electron chi connectivity index (χ2n) is 8.16. The quantitative estimate of drug-likeness (QED) is 0.673. The molecule has 2 aromatic rings. The van der Waals surface area contributed by atoms with Crippen molar-refractivity contribution < 1.29 is 4.79 Å². The summed E-state index contributed by atoms with van der Waals surface area (Å²) >= 11 is 0. The summed E-state index contributed by atoms with van der Waals surface area (Å²) in [7, 11) is 1.94. The van der Waals surface area contributed by atoms with Gasteiger partial charge in [-0.05, 0) is 50.8 Å². The maximum absolute atomic E-state index is 13.2. The minimum absolute atomic E-state index is 0.0445. The van der Waals surface area contributed by atoms with Crippen LogP contribution in [0.3, 0.4) is 0 Å². The number of nitrogens with one attached hydrogen (secondary N) is 1. The van der Waals surface area contributed by atoms with Crippen LogP contribution in [-0.2, 0) is 17.8 Å². The molecule has 0 spiro atoms. The molecule has 1 aromatic carbocycles. The van der Waals surface area contributed by atoms with Crippen LogP contribution in [0.15, 0.2) is 33.9 Å². The van der Waals surface area contributed by atoms with Crippen molar-refractivity contribution in [1.29, 1.82) is 0 Å². The van der Waals surface area contributed by atoms with Gasteiger partial charge in [-0.1, -0.05) is 37.6 Å². The molecule has 0 saturated heterocycles. The van der Waals surface area contributed by atoms with Crippen LogP contribution in [0.4, 0.5) is 11.5 Å². The van der Waals surface area contributed by atoms with Gasteiger partial charge in [-0.25, -0.2) is 4.79 Å². The predicted molar refractivity (Wildman–Crippen MR) is 123 cm³/mol. The lowest BCUT2D eigenvalue weighted by molar-refractivity contribution is -0.120. The molecular formula is C23H33N5O3. The van der Waals surface area contributed by atoms with Crippen molar-refractivity contribution in [1.82, 2.24) is 14.5 Å². The number of aryl methyl sites for hydroxylation is 1. The zero-order valence-electron chi connectivity index (χ0n) is 18.7. The second kappa shape index (κ2) is 9.96. The Bertz CT molecular complexity index is 1040. The fourth-order valence-electron chi connectivity index (χ4n) is 4.43. The number of aromatic amines is 1. The van der Waals surface area contributed by atoms with E-state index in [1.165, 1.54) is 20.6 Å². The minimum Gasteiger partial charge on any atom is -0.383 e. The van der Waals surface area contributed by atoms with Crippen molar-refractivity contribution in [3.8, 4) is 0 Å². The lowest BCUT2D eigenvalue weighted by atomic mass is 9.87. The van der Waals surface area contributed by atoms with E-state index in [0.29, 0.717) is 6.54 Å². The van der Waals surface area contributed by atoms with E-state index in [4.69, 9.17) is 5.73 Å². The van der Waals surface area contributed by atoms with Gasteiger partial charge >= 0.3 is 5.69 Å². The molecule has 168 valence electrons. The Kier molecular flexibility index (Phi) is 7.33. The van der Waals surface area contributed by atoms with Crippen LogP contribution in [0.2, 0.25) is 0 Å². The number of unbranched alkanes of at least 4 members (excludes halogenated alkanes) is 1. The Hall–Kier alpha value is -2.87. The van der Waals surface area contributed by atoms with E-state index in [-0.39, 0.29) is 36.5 Å². The summed E-state index contributed by atoms with van der Waals surface area (Å²) < 4.78 is 1.34. The number of nitrogens with zero attached hydrogens (tertiary/aromatic N) is 3. The van der Waals surface area contributed by atoms with Gasteiger partial charge in [-0.15, -0.1) is 0 Å². The van der Waals surface area contributed by atoms with Crippen LogP contribution in [-0.4, -0.2) is 40.5 Å². The molecule has 0 bridgehead atoms. The van der Waals surface area contributed by atoms with Crippen LogP contribution >= 0.6 is 0 Å². The maximum atomic E-state index is 13.2. The highest BCUT2D eigenvalue weighted by molar-refractivity contribution is 5.96. The van der Waals surface area contributed by atoms with Gasteiger partial charge < -0.3 is 10.6 Å². The zero-order chi connectivity index (χ0) is 22.5. The number of fused-ring (bicyclic) bond motifs is 1. The topological polar surface area (TPSA) is 104 Å². The summed E-state index contributed by atoms with van der Waals surface area (Å²) in [5.74, 6) is -0.172. The molecule has 0 unspecified atom stereocenters. The number of anilines is 2. The van der Waals surface area contributed by atoms with Gasteiger partial charge in [0.2, 0.25) is 5.91 Å². The van der Waals surface area contributed by atoms with Gasteiger partial charge in [-0.2, -0.15) is 0 Å². The second-order valence-corrected chi connectivity index (χ2v) is 8.16. The fourth-order valence-corrected chi connectivity index (χ4v) is 4.43. The molecule has 0 radical (unpaired) electrons. The number of nitrogen functional groups attached to an aromatic ring is 1. The normalized spacial score (nSPS) is 15.7. The number of aromatic nitrogens is 2. The van der Waals surface area contributed by atoms with E-state index in [1.54, 1.807) is 6.92 Å².